The molecule has 0 radical (unpaired) electrons. The van der Waals surface area contributed by atoms with Gasteiger partial charge in [0.1, 0.15) is 0 Å². The number of carbonyl (C=O) groups is 2. The molecule has 1 N–H and O–H groups in total. The van der Waals surface area contributed by atoms with Crippen LogP contribution in [0.4, 0.5) is 11.4 Å². The molecule has 0 saturated carbocycles. The van der Waals surface area contributed by atoms with Gasteiger partial charge in [0.25, 0.3) is 11.8 Å². The molecule has 5 nitrogen and oxygen atoms in total. The van der Waals surface area contributed by atoms with E-state index in [1.807, 2.05) is 43.3 Å². The van der Waals surface area contributed by atoms with E-state index in [9.17, 15) is 13.8 Å². The number of aryl methyl sites for hydroxylation is 1. The molecule has 7 heteroatoms. The SMILES string of the molecule is Cc1ccc(NC(=O)c2ccc3c(c2)N(Cc2cccc(Cl)c2)C(=O)c2ccccc2[S@@]3=O)cc1. The minimum absolute atomic E-state index is 0.209. The Morgan fingerprint density at radius 3 is 2.46 bits per heavy atom. The topological polar surface area (TPSA) is 66.5 Å². The first-order valence-corrected chi connectivity index (χ1v) is 12.5. The summed E-state index contributed by atoms with van der Waals surface area (Å²) in [5.41, 5.74) is 3.73. The monoisotopic (exact) mass is 500 g/mol. The maximum absolute atomic E-state index is 13.7. The molecule has 1 aliphatic rings. The number of anilines is 2. The van der Waals surface area contributed by atoms with Crippen LogP contribution < -0.4 is 10.2 Å². The average molecular weight is 501 g/mol. The standard InChI is InChI=1S/C28H21ClN2O3S/c1-18-9-12-22(13-10-18)30-27(32)20-11-14-26-24(16-20)31(17-19-5-4-6-21(29)15-19)28(33)23-7-2-3-8-25(23)35(26)34/h2-16H,17H2,1H3,(H,30,32)/t35-/m0/s1. The van der Waals surface area contributed by atoms with Gasteiger partial charge in [-0.2, -0.15) is 0 Å². The minimum atomic E-state index is -1.59. The van der Waals surface area contributed by atoms with E-state index < -0.39 is 10.8 Å². The first-order chi connectivity index (χ1) is 16.9. The van der Waals surface area contributed by atoms with Gasteiger partial charge in [0, 0.05) is 16.3 Å². The van der Waals surface area contributed by atoms with Crippen molar-refractivity contribution in [2.24, 2.45) is 0 Å². The minimum Gasteiger partial charge on any atom is -0.322 e. The Hall–Kier alpha value is -3.74. The molecule has 1 atom stereocenters. The zero-order valence-corrected chi connectivity index (χ0v) is 20.4. The second-order valence-electron chi connectivity index (χ2n) is 8.29. The van der Waals surface area contributed by atoms with Crippen molar-refractivity contribution in [3.05, 3.63) is 118 Å². The molecule has 174 valence electrons. The molecule has 0 spiro atoms. The van der Waals surface area contributed by atoms with Crippen molar-refractivity contribution in [2.75, 3.05) is 10.2 Å². The predicted octanol–water partition coefficient (Wildman–Crippen LogP) is 6.23. The number of amides is 2. The summed E-state index contributed by atoms with van der Waals surface area (Å²) in [6, 6.07) is 26.6. The van der Waals surface area contributed by atoms with E-state index in [-0.39, 0.29) is 18.4 Å². The van der Waals surface area contributed by atoms with Crippen molar-refractivity contribution in [3.8, 4) is 0 Å². The summed E-state index contributed by atoms with van der Waals surface area (Å²) in [6.45, 7) is 2.18. The molecule has 35 heavy (non-hydrogen) atoms. The van der Waals surface area contributed by atoms with Gasteiger partial charge in [-0.1, -0.05) is 53.6 Å². The van der Waals surface area contributed by atoms with Crippen LogP contribution >= 0.6 is 11.6 Å². The smallest absolute Gasteiger partial charge is 0.259 e. The lowest BCUT2D eigenvalue weighted by Gasteiger charge is -2.24. The van der Waals surface area contributed by atoms with E-state index in [1.165, 1.54) is 0 Å². The fraction of sp³-hybridized carbons (Fsp3) is 0.0714. The third kappa shape index (κ3) is 4.63. The van der Waals surface area contributed by atoms with Crippen LogP contribution in [0.2, 0.25) is 5.02 Å². The zero-order valence-electron chi connectivity index (χ0n) is 18.8. The van der Waals surface area contributed by atoms with Gasteiger partial charge in [-0.15, -0.1) is 0 Å². The molecule has 0 fully saturated rings. The Bertz CT molecular complexity index is 1480. The van der Waals surface area contributed by atoms with Gasteiger partial charge in [-0.3, -0.25) is 9.59 Å². The van der Waals surface area contributed by atoms with E-state index in [2.05, 4.69) is 5.32 Å². The fourth-order valence-electron chi connectivity index (χ4n) is 4.02. The van der Waals surface area contributed by atoms with Crippen molar-refractivity contribution < 1.29 is 13.8 Å². The molecule has 0 unspecified atom stereocenters. The number of benzene rings is 4. The zero-order chi connectivity index (χ0) is 24.5. The van der Waals surface area contributed by atoms with Crippen LogP contribution in [0.15, 0.2) is 101 Å². The number of nitrogens with one attached hydrogen (secondary N) is 1. The van der Waals surface area contributed by atoms with Crippen molar-refractivity contribution in [3.63, 3.8) is 0 Å². The highest BCUT2D eigenvalue weighted by molar-refractivity contribution is 7.85. The average Bonchev–Trinajstić information content (AvgIpc) is 2.95. The molecular formula is C28H21ClN2O3S. The molecule has 1 heterocycles. The highest BCUT2D eigenvalue weighted by Crippen LogP contribution is 2.36. The van der Waals surface area contributed by atoms with E-state index in [4.69, 9.17) is 11.6 Å². The van der Waals surface area contributed by atoms with Crippen LogP contribution in [0.25, 0.3) is 0 Å². The van der Waals surface area contributed by atoms with Crippen LogP contribution in [0, 0.1) is 6.92 Å². The summed E-state index contributed by atoms with van der Waals surface area (Å²) >= 11 is 6.18. The molecule has 0 bridgehead atoms. The molecule has 4 aromatic carbocycles. The Morgan fingerprint density at radius 1 is 0.914 bits per heavy atom. The second kappa shape index (κ2) is 9.49. The van der Waals surface area contributed by atoms with Crippen molar-refractivity contribution in [1.82, 2.24) is 0 Å². The van der Waals surface area contributed by atoms with E-state index in [0.717, 1.165) is 11.1 Å². The molecule has 1 aliphatic heterocycles. The Labute approximate surface area is 210 Å². The van der Waals surface area contributed by atoms with E-state index in [0.29, 0.717) is 37.3 Å². The highest BCUT2D eigenvalue weighted by Gasteiger charge is 2.31. The van der Waals surface area contributed by atoms with Crippen molar-refractivity contribution in [2.45, 2.75) is 23.3 Å². The highest BCUT2D eigenvalue weighted by atomic mass is 35.5. The summed E-state index contributed by atoms with van der Waals surface area (Å²) in [6.07, 6.45) is 0. The van der Waals surface area contributed by atoms with Gasteiger partial charge in [0.2, 0.25) is 0 Å². The molecular weight excluding hydrogens is 480 g/mol. The summed E-state index contributed by atoms with van der Waals surface area (Å²) in [7, 11) is -1.59. The predicted molar refractivity (Wildman–Crippen MR) is 139 cm³/mol. The van der Waals surface area contributed by atoms with Gasteiger partial charge in [0.05, 0.1) is 38.4 Å². The van der Waals surface area contributed by atoms with Gasteiger partial charge < -0.3 is 10.2 Å². The number of halogens is 1. The largest absolute Gasteiger partial charge is 0.322 e. The van der Waals surface area contributed by atoms with Crippen molar-refractivity contribution in [1.29, 1.82) is 0 Å². The molecule has 4 aromatic rings. The molecule has 2 amide bonds. The van der Waals surface area contributed by atoms with Gasteiger partial charge >= 0.3 is 0 Å². The normalized spacial score (nSPS) is 14.6. The lowest BCUT2D eigenvalue weighted by atomic mass is 10.1. The summed E-state index contributed by atoms with van der Waals surface area (Å²) in [4.78, 5) is 29.2. The third-order valence-corrected chi connectivity index (χ3v) is 7.55. The number of nitrogens with zero attached hydrogens (tertiary/aromatic N) is 1. The van der Waals surface area contributed by atoms with Crippen LogP contribution in [0.1, 0.15) is 31.8 Å². The maximum Gasteiger partial charge on any atom is 0.259 e. The molecule has 0 saturated heterocycles. The maximum atomic E-state index is 13.7. The number of rotatable bonds is 4. The second-order valence-corrected chi connectivity index (χ2v) is 10.1. The first-order valence-electron chi connectivity index (χ1n) is 11.0. The van der Waals surface area contributed by atoms with E-state index >= 15 is 0 Å². The van der Waals surface area contributed by atoms with Gasteiger partial charge in [0.15, 0.2) is 0 Å². The quantitative estimate of drug-likeness (QED) is 0.361. The molecule has 5 rings (SSSR count). The summed E-state index contributed by atoms with van der Waals surface area (Å²) in [5, 5.41) is 3.44. The fourth-order valence-corrected chi connectivity index (χ4v) is 5.58. The lowest BCUT2D eigenvalue weighted by molar-refractivity contribution is 0.0979. The summed E-state index contributed by atoms with van der Waals surface area (Å²) < 4.78 is 13.5. The lowest BCUT2D eigenvalue weighted by Crippen LogP contribution is -2.30. The van der Waals surface area contributed by atoms with Gasteiger partial charge in [-0.05, 0) is 67.1 Å². The Balaban J connectivity index is 1.59. The van der Waals surface area contributed by atoms with Crippen molar-refractivity contribution >= 4 is 45.6 Å². The summed E-state index contributed by atoms with van der Waals surface area (Å²) in [5.74, 6) is -0.608. The van der Waals surface area contributed by atoms with Crippen LogP contribution in [-0.2, 0) is 17.3 Å². The Kier molecular flexibility index (Phi) is 6.24. The van der Waals surface area contributed by atoms with Crippen LogP contribution in [0.3, 0.4) is 0 Å². The van der Waals surface area contributed by atoms with Crippen LogP contribution in [-0.4, -0.2) is 16.0 Å². The third-order valence-electron chi connectivity index (χ3n) is 5.81. The number of fused-ring (bicyclic) bond motifs is 2. The van der Waals surface area contributed by atoms with E-state index in [1.54, 1.807) is 59.5 Å². The number of hydrogen-bond acceptors (Lipinski definition) is 3. The Morgan fingerprint density at radius 2 is 1.69 bits per heavy atom. The number of hydrogen-bond donors (Lipinski definition) is 1. The molecule has 0 aliphatic carbocycles. The number of carbonyl (C=O) groups excluding carboxylic acids is 2. The van der Waals surface area contributed by atoms with Crippen LogP contribution in [0.5, 0.6) is 0 Å². The molecule has 0 aromatic heterocycles. The van der Waals surface area contributed by atoms with Gasteiger partial charge in [-0.25, -0.2) is 4.21 Å². The first kappa shape index (κ1) is 23.0.